The Morgan fingerprint density at radius 2 is 2.50 bits per heavy atom. The Balaban J connectivity index is 2.12. The van der Waals surface area contributed by atoms with Gasteiger partial charge in [0.25, 0.3) is 0 Å². The summed E-state index contributed by atoms with van der Waals surface area (Å²) in [4.78, 5) is 4.38. The van der Waals surface area contributed by atoms with Crippen LogP contribution in [0.4, 0.5) is 0 Å². The van der Waals surface area contributed by atoms with E-state index in [4.69, 9.17) is 0 Å². The standard InChI is InChI=1S/C8H10BrNOS/c9-3-7(11)6-4-12-8(10-6)5-1-2-5/h4-5,7,11H,1-3H2. The first-order chi connectivity index (χ1) is 5.81. The van der Waals surface area contributed by atoms with Crippen molar-refractivity contribution >= 4 is 27.3 Å². The van der Waals surface area contributed by atoms with E-state index in [9.17, 15) is 5.11 Å². The van der Waals surface area contributed by atoms with E-state index < -0.39 is 6.10 Å². The van der Waals surface area contributed by atoms with Crippen LogP contribution < -0.4 is 0 Å². The summed E-state index contributed by atoms with van der Waals surface area (Å²) in [6.45, 7) is 0. The van der Waals surface area contributed by atoms with Crippen LogP contribution in [0.25, 0.3) is 0 Å². The van der Waals surface area contributed by atoms with Crippen LogP contribution in [0, 0.1) is 0 Å². The lowest BCUT2D eigenvalue weighted by Gasteiger charge is -2.00. The number of aliphatic hydroxyl groups excluding tert-OH is 1. The number of hydrogen-bond donors (Lipinski definition) is 1. The van der Waals surface area contributed by atoms with E-state index in [1.54, 1.807) is 11.3 Å². The van der Waals surface area contributed by atoms with Crippen LogP contribution in [-0.4, -0.2) is 15.4 Å². The van der Waals surface area contributed by atoms with Gasteiger partial charge in [0.05, 0.1) is 10.7 Å². The second-order valence-electron chi connectivity index (χ2n) is 3.05. The fraction of sp³-hybridized carbons (Fsp3) is 0.625. The monoisotopic (exact) mass is 247 g/mol. The summed E-state index contributed by atoms with van der Waals surface area (Å²) >= 11 is 4.90. The molecule has 0 aromatic carbocycles. The summed E-state index contributed by atoms with van der Waals surface area (Å²) < 4.78 is 0. The molecule has 12 heavy (non-hydrogen) atoms. The van der Waals surface area contributed by atoms with Crippen LogP contribution in [0.5, 0.6) is 0 Å². The fourth-order valence-corrected chi connectivity index (χ4v) is 2.42. The minimum Gasteiger partial charge on any atom is -0.386 e. The fourth-order valence-electron chi connectivity index (χ4n) is 1.05. The largest absolute Gasteiger partial charge is 0.386 e. The first-order valence-electron chi connectivity index (χ1n) is 4.00. The van der Waals surface area contributed by atoms with Crippen LogP contribution in [0.15, 0.2) is 5.38 Å². The van der Waals surface area contributed by atoms with Crippen molar-refractivity contribution in [3.63, 3.8) is 0 Å². The molecule has 0 saturated heterocycles. The minimum atomic E-state index is -0.436. The Morgan fingerprint density at radius 1 is 1.75 bits per heavy atom. The van der Waals surface area contributed by atoms with Gasteiger partial charge in [-0.05, 0) is 12.8 Å². The Kier molecular flexibility index (Phi) is 2.48. The van der Waals surface area contributed by atoms with Crippen molar-refractivity contribution in [1.82, 2.24) is 4.98 Å². The lowest BCUT2D eigenvalue weighted by molar-refractivity contribution is 0.201. The van der Waals surface area contributed by atoms with Gasteiger partial charge in [-0.25, -0.2) is 4.98 Å². The molecule has 0 aliphatic heterocycles. The molecule has 0 radical (unpaired) electrons. The van der Waals surface area contributed by atoms with Gasteiger partial charge in [-0.1, -0.05) is 15.9 Å². The smallest absolute Gasteiger partial charge is 0.106 e. The number of thiazole rings is 1. The summed E-state index contributed by atoms with van der Waals surface area (Å²) in [5, 5.41) is 13.2. The molecule has 1 N–H and O–H groups in total. The minimum absolute atomic E-state index is 0.436. The van der Waals surface area contributed by atoms with Gasteiger partial charge in [-0.3, -0.25) is 0 Å². The number of rotatable bonds is 3. The van der Waals surface area contributed by atoms with Gasteiger partial charge >= 0.3 is 0 Å². The highest BCUT2D eigenvalue weighted by atomic mass is 79.9. The molecular weight excluding hydrogens is 238 g/mol. The predicted molar refractivity (Wildman–Crippen MR) is 52.8 cm³/mol. The molecule has 0 bridgehead atoms. The Morgan fingerprint density at radius 3 is 3.08 bits per heavy atom. The van der Waals surface area contributed by atoms with E-state index in [0.717, 1.165) is 5.69 Å². The molecule has 1 saturated carbocycles. The maximum atomic E-state index is 9.44. The Bertz CT molecular complexity index is 272. The third kappa shape index (κ3) is 1.70. The Hall–Kier alpha value is 0.0700. The highest BCUT2D eigenvalue weighted by molar-refractivity contribution is 9.09. The quantitative estimate of drug-likeness (QED) is 0.833. The van der Waals surface area contributed by atoms with E-state index in [-0.39, 0.29) is 0 Å². The highest BCUT2D eigenvalue weighted by Crippen LogP contribution is 2.41. The van der Waals surface area contributed by atoms with E-state index in [0.29, 0.717) is 11.2 Å². The molecule has 1 aromatic heterocycles. The van der Waals surface area contributed by atoms with Crippen LogP contribution in [0.2, 0.25) is 0 Å². The van der Waals surface area contributed by atoms with Gasteiger partial charge in [0, 0.05) is 16.6 Å². The maximum absolute atomic E-state index is 9.44. The SMILES string of the molecule is OC(CBr)c1csc(C2CC2)n1. The Labute approximate surface area is 83.8 Å². The van der Waals surface area contributed by atoms with Gasteiger partial charge < -0.3 is 5.11 Å². The summed E-state index contributed by atoms with van der Waals surface area (Å²) in [5.41, 5.74) is 0.818. The molecule has 1 unspecified atom stereocenters. The van der Waals surface area contributed by atoms with Crippen molar-refractivity contribution in [3.05, 3.63) is 16.1 Å². The zero-order valence-corrected chi connectivity index (χ0v) is 8.94. The van der Waals surface area contributed by atoms with E-state index in [1.807, 2.05) is 5.38 Å². The molecule has 1 heterocycles. The molecule has 1 atom stereocenters. The lowest BCUT2D eigenvalue weighted by atomic mass is 10.3. The van der Waals surface area contributed by atoms with Crippen molar-refractivity contribution < 1.29 is 5.11 Å². The van der Waals surface area contributed by atoms with Crippen LogP contribution in [0.3, 0.4) is 0 Å². The van der Waals surface area contributed by atoms with Gasteiger partial charge in [0.15, 0.2) is 0 Å². The third-order valence-electron chi connectivity index (χ3n) is 1.95. The van der Waals surface area contributed by atoms with Gasteiger partial charge in [-0.2, -0.15) is 0 Å². The van der Waals surface area contributed by atoms with Crippen molar-refractivity contribution in [2.75, 3.05) is 5.33 Å². The molecule has 1 fully saturated rings. The molecule has 1 aromatic rings. The van der Waals surface area contributed by atoms with Crippen molar-refractivity contribution in [2.45, 2.75) is 24.9 Å². The van der Waals surface area contributed by atoms with Crippen molar-refractivity contribution in [1.29, 1.82) is 0 Å². The molecule has 2 rings (SSSR count). The van der Waals surface area contributed by atoms with E-state index in [1.165, 1.54) is 17.8 Å². The highest BCUT2D eigenvalue weighted by Gasteiger charge is 2.27. The van der Waals surface area contributed by atoms with Gasteiger partial charge in [0.2, 0.25) is 0 Å². The van der Waals surface area contributed by atoms with E-state index >= 15 is 0 Å². The molecule has 1 aliphatic carbocycles. The molecule has 2 nitrogen and oxygen atoms in total. The molecular formula is C8H10BrNOS. The van der Waals surface area contributed by atoms with Gasteiger partial charge in [0.1, 0.15) is 6.10 Å². The summed E-state index contributed by atoms with van der Waals surface area (Å²) in [6.07, 6.45) is 2.11. The average molecular weight is 248 g/mol. The zero-order chi connectivity index (χ0) is 8.55. The number of halogens is 1. The molecule has 1 aliphatic rings. The number of aliphatic hydroxyl groups is 1. The maximum Gasteiger partial charge on any atom is 0.106 e. The summed E-state index contributed by atoms with van der Waals surface area (Å²) in [5.74, 6) is 0.700. The zero-order valence-electron chi connectivity index (χ0n) is 6.53. The van der Waals surface area contributed by atoms with Gasteiger partial charge in [-0.15, -0.1) is 11.3 Å². The second-order valence-corrected chi connectivity index (χ2v) is 4.59. The second kappa shape index (κ2) is 3.44. The molecule has 4 heteroatoms. The number of hydrogen-bond acceptors (Lipinski definition) is 3. The molecule has 0 spiro atoms. The normalized spacial score (nSPS) is 19.5. The predicted octanol–water partition coefficient (Wildman–Crippen LogP) is 2.45. The summed E-state index contributed by atoms with van der Waals surface area (Å²) in [6, 6.07) is 0. The first-order valence-corrected chi connectivity index (χ1v) is 6.00. The van der Waals surface area contributed by atoms with E-state index in [2.05, 4.69) is 20.9 Å². The number of alkyl halides is 1. The third-order valence-corrected chi connectivity index (χ3v) is 3.59. The average Bonchev–Trinajstić information content (AvgIpc) is 2.83. The van der Waals surface area contributed by atoms with Crippen LogP contribution >= 0.6 is 27.3 Å². The first kappa shape index (κ1) is 8.66. The van der Waals surface area contributed by atoms with Crippen LogP contribution in [-0.2, 0) is 0 Å². The topological polar surface area (TPSA) is 33.1 Å². The van der Waals surface area contributed by atoms with Crippen molar-refractivity contribution in [3.8, 4) is 0 Å². The lowest BCUT2D eigenvalue weighted by Crippen LogP contribution is -1.98. The van der Waals surface area contributed by atoms with Crippen LogP contribution in [0.1, 0.15) is 35.6 Å². The number of nitrogens with zero attached hydrogens (tertiary/aromatic N) is 1. The summed E-state index contributed by atoms with van der Waals surface area (Å²) in [7, 11) is 0. The van der Waals surface area contributed by atoms with Crippen molar-refractivity contribution in [2.24, 2.45) is 0 Å². The molecule has 66 valence electrons. The molecule has 0 amide bonds. The number of aromatic nitrogens is 1.